The van der Waals surface area contributed by atoms with Crippen molar-refractivity contribution in [3.05, 3.63) is 59.5 Å². The number of amides is 1. The van der Waals surface area contributed by atoms with Crippen molar-refractivity contribution < 1.29 is 19.4 Å². The number of benzene rings is 1. The highest BCUT2D eigenvalue weighted by Gasteiger charge is 2.17. The number of furan rings is 1. The average Bonchev–Trinajstić information content (AvgIpc) is 3.27. The lowest BCUT2D eigenvalue weighted by atomic mass is 10.1. The maximum atomic E-state index is 12.3. The Labute approximate surface area is 142 Å². The van der Waals surface area contributed by atoms with Crippen molar-refractivity contribution in [2.75, 3.05) is 6.61 Å². The van der Waals surface area contributed by atoms with Gasteiger partial charge in [0.1, 0.15) is 22.7 Å². The number of nitrogens with one attached hydrogen (secondary N) is 1. The van der Waals surface area contributed by atoms with Gasteiger partial charge in [-0.05, 0) is 30.2 Å². The zero-order valence-corrected chi connectivity index (χ0v) is 13.5. The van der Waals surface area contributed by atoms with E-state index in [2.05, 4.69) is 10.3 Å². The second kappa shape index (κ2) is 7.29. The van der Waals surface area contributed by atoms with Crippen molar-refractivity contribution in [2.45, 2.75) is 12.5 Å². The molecule has 0 saturated heterocycles. The van der Waals surface area contributed by atoms with E-state index in [0.717, 1.165) is 11.1 Å². The summed E-state index contributed by atoms with van der Waals surface area (Å²) in [4.78, 5) is 16.6. The Hall–Kier alpha value is -2.64. The number of phenols is 1. The first-order chi connectivity index (χ1) is 11.7. The molecule has 24 heavy (non-hydrogen) atoms. The van der Waals surface area contributed by atoms with Crippen LogP contribution in [0.25, 0.3) is 10.6 Å². The van der Waals surface area contributed by atoms with Crippen LogP contribution in [0.2, 0.25) is 0 Å². The molecule has 0 unspecified atom stereocenters. The van der Waals surface area contributed by atoms with Gasteiger partial charge in [-0.3, -0.25) is 4.79 Å². The van der Waals surface area contributed by atoms with E-state index in [9.17, 15) is 15.0 Å². The van der Waals surface area contributed by atoms with E-state index in [-0.39, 0.29) is 18.3 Å². The molecule has 1 aromatic carbocycles. The smallest absolute Gasteiger partial charge is 0.271 e. The maximum absolute atomic E-state index is 12.3. The highest BCUT2D eigenvalue weighted by atomic mass is 32.1. The van der Waals surface area contributed by atoms with Crippen LogP contribution in [-0.4, -0.2) is 33.8 Å². The predicted octanol–water partition coefficient (Wildman–Crippen LogP) is 2.44. The topological polar surface area (TPSA) is 95.6 Å². The Bertz CT molecular complexity index is 796. The molecule has 6 nitrogen and oxygen atoms in total. The highest BCUT2D eigenvalue weighted by Crippen LogP contribution is 2.24. The third-order valence-electron chi connectivity index (χ3n) is 3.48. The summed E-state index contributed by atoms with van der Waals surface area (Å²) in [6.07, 6.45) is 3.58. The van der Waals surface area contributed by atoms with E-state index in [1.807, 2.05) is 0 Å². The van der Waals surface area contributed by atoms with Crippen molar-refractivity contribution in [1.82, 2.24) is 10.3 Å². The number of hydrogen-bond donors (Lipinski definition) is 3. The standard InChI is InChI=1S/C17H16N2O4S/c20-8-13(7-11-1-3-14(21)4-2-11)18-16(22)15-10-24-17(19-15)12-5-6-23-9-12/h1-6,9-10,13,20-21H,7-8H2,(H,18,22)/t13-/m0/s1. The lowest BCUT2D eigenvalue weighted by Crippen LogP contribution is -2.39. The number of hydrogen-bond acceptors (Lipinski definition) is 6. The summed E-state index contributed by atoms with van der Waals surface area (Å²) in [7, 11) is 0. The fraction of sp³-hybridized carbons (Fsp3) is 0.176. The number of aromatic nitrogens is 1. The van der Waals surface area contributed by atoms with Crippen LogP contribution < -0.4 is 5.32 Å². The van der Waals surface area contributed by atoms with E-state index in [1.54, 1.807) is 48.2 Å². The summed E-state index contributed by atoms with van der Waals surface area (Å²) in [6.45, 7) is -0.189. The molecular formula is C17H16N2O4S. The second-order valence-electron chi connectivity index (χ2n) is 5.27. The van der Waals surface area contributed by atoms with Gasteiger partial charge in [-0.25, -0.2) is 4.98 Å². The number of carbonyl (C=O) groups excluding carboxylic acids is 1. The van der Waals surface area contributed by atoms with Crippen LogP contribution in [-0.2, 0) is 6.42 Å². The number of aliphatic hydroxyl groups excluding tert-OH is 1. The molecule has 0 spiro atoms. The van der Waals surface area contributed by atoms with Crippen LogP contribution in [0.3, 0.4) is 0 Å². The summed E-state index contributed by atoms with van der Waals surface area (Å²) < 4.78 is 5.01. The summed E-state index contributed by atoms with van der Waals surface area (Å²) >= 11 is 1.35. The first-order valence-corrected chi connectivity index (χ1v) is 8.21. The first-order valence-electron chi connectivity index (χ1n) is 7.33. The van der Waals surface area contributed by atoms with Gasteiger partial charge in [0.05, 0.1) is 18.9 Å². The molecule has 1 atom stereocenters. The molecule has 3 aromatic rings. The molecule has 0 fully saturated rings. The second-order valence-corrected chi connectivity index (χ2v) is 6.13. The molecule has 0 saturated carbocycles. The van der Waals surface area contributed by atoms with E-state index < -0.39 is 6.04 Å². The fourth-order valence-corrected chi connectivity index (χ4v) is 3.02. The SMILES string of the molecule is O=C(N[C@H](CO)Cc1ccc(O)cc1)c1csc(-c2ccoc2)n1. The number of aromatic hydroxyl groups is 1. The van der Waals surface area contributed by atoms with Gasteiger partial charge in [-0.2, -0.15) is 0 Å². The quantitative estimate of drug-likeness (QED) is 0.638. The zero-order chi connectivity index (χ0) is 16.9. The van der Waals surface area contributed by atoms with Crippen LogP contribution in [0.4, 0.5) is 0 Å². The van der Waals surface area contributed by atoms with Crippen molar-refractivity contribution in [1.29, 1.82) is 0 Å². The molecule has 0 bridgehead atoms. The largest absolute Gasteiger partial charge is 0.508 e. The first kappa shape index (κ1) is 16.2. The molecule has 0 aliphatic heterocycles. The Balaban J connectivity index is 1.65. The normalized spacial score (nSPS) is 12.0. The predicted molar refractivity (Wildman–Crippen MR) is 90.0 cm³/mol. The third-order valence-corrected chi connectivity index (χ3v) is 4.37. The third kappa shape index (κ3) is 3.81. The van der Waals surface area contributed by atoms with Crippen molar-refractivity contribution in [3.63, 3.8) is 0 Å². The van der Waals surface area contributed by atoms with Gasteiger partial charge < -0.3 is 19.9 Å². The minimum absolute atomic E-state index is 0.178. The van der Waals surface area contributed by atoms with Gasteiger partial charge >= 0.3 is 0 Å². The monoisotopic (exact) mass is 344 g/mol. The Morgan fingerprint density at radius 1 is 1.29 bits per heavy atom. The minimum atomic E-state index is -0.430. The fourth-order valence-electron chi connectivity index (χ4n) is 2.23. The summed E-state index contributed by atoms with van der Waals surface area (Å²) in [6, 6.07) is 8.00. The molecule has 7 heteroatoms. The zero-order valence-electron chi connectivity index (χ0n) is 12.7. The number of carbonyl (C=O) groups is 1. The number of phenolic OH excluding ortho intramolecular Hbond substituents is 1. The number of nitrogens with zero attached hydrogens (tertiary/aromatic N) is 1. The summed E-state index contributed by atoms with van der Waals surface area (Å²) in [5.74, 6) is -0.156. The highest BCUT2D eigenvalue weighted by molar-refractivity contribution is 7.13. The maximum Gasteiger partial charge on any atom is 0.271 e. The van der Waals surface area contributed by atoms with Crippen LogP contribution in [0.5, 0.6) is 5.75 Å². The lowest BCUT2D eigenvalue weighted by Gasteiger charge is -2.15. The van der Waals surface area contributed by atoms with Gasteiger partial charge in [0.15, 0.2) is 0 Å². The van der Waals surface area contributed by atoms with Crippen molar-refractivity contribution in [3.8, 4) is 16.3 Å². The van der Waals surface area contributed by atoms with Gasteiger partial charge in [-0.1, -0.05) is 12.1 Å². The van der Waals surface area contributed by atoms with E-state index in [1.165, 1.54) is 11.3 Å². The summed E-state index contributed by atoms with van der Waals surface area (Å²) in [5, 5.41) is 23.9. The minimum Gasteiger partial charge on any atom is -0.508 e. The number of thiazole rings is 1. The molecule has 124 valence electrons. The van der Waals surface area contributed by atoms with Crippen molar-refractivity contribution in [2.24, 2.45) is 0 Å². The molecule has 2 aromatic heterocycles. The average molecular weight is 344 g/mol. The number of rotatable bonds is 6. The van der Waals surface area contributed by atoms with Crippen LogP contribution in [0, 0.1) is 0 Å². The molecule has 0 radical (unpaired) electrons. The molecule has 1 amide bonds. The Kier molecular flexibility index (Phi) is 4.93. The summed E-state index contributed by atoms with van der Waals surface area (Å²) in [5.41, 5.74) is 2.03. The van der Waals surface area contributed by atoms with Gasteiger partial charge in [0.2, 0.25) is 0 Å². The Morgan fingerprint density at radius 3 is 2.75 bits per heavy atom. The molecule has 2 heterocycles. The molecule has 3 N–H and O–H groups in total. The molecule has 3 rings (SSSR count). The van der Waals surface area contributed by atoms with E-state index in [4.69, 9.17) is 4.42 Å². The number of aliphatic hydroxyl groups is 1. The van der Waals surface area contributed by atoms with Gasteiger partial charge in [-0.15, -0.1) is 11.3 Å². The molecule has 0 aliphatic carbocycles. The molecule has 0 aliphatic rings. The molecular weight excluding hydrogens is 328 g/mol. The van der Waals surface area contributed by atoms with Gasteiger partial charge in [0, 0.05) is 10.9 Å². The van der Waals surface area contributed by atoms with Crippen molar-refractivity contribution >= 4 is 17.2 Å². The van der Waals surface area contributed by atoms with E-state index in [0.29, 0.717) is 17.1 Å². The van der Waals surface area contributed by atoms with Crippen LogP contribution >= 0.6 is 11.3 Å². The van der Waals surface area contributed by atoms with Gasteiger partial charge in [0.25, 0.3) is 5.91 Å². The Morgan fingerprint density at radius 2 is 2.08 bits per heavy atom. The lowest BCUT2D eigenvalue weighted by molar-refractivity contribution is 0.0912. The van der Waals surface area contributed by atoms with Crippen LogP contribution in [0.15, 0.2) is 52.7 Å². The van der Waals surface area contributed by atoms with E-state index >= 15 is 0 Å². The van der Waals surface area contributed by atoms with Crippen LogP contribution in [0.1, 0.15) is 16.1 Å².